The number of imidazole rings is 1. The number of pyridine rings is 1. The van der Waals surface area contributed by atoms with E-state index in [4.69, 9.17) is 23.2 Å². The van der Waals surface area contributed by atoms with Crippen LogP contribution in [-0.2, 0) is 10.0 Å². The molecule has 0 spiro atoms. The quantitative estimate of drug-likeness (QED) is 0.777. The standard InChI is InChI=1S/C14H11Cl2N3O2S/c1-9-13(4-5-14-17-6-7-19(9)14)18-22(20,21)10-2-3-11(15)12(16)8-10/h2-8,18H,1H3. The third-order valence-corrected chi connectivity index (χ3v) is 5.37. The van der Waals surface area contributed by atoms with Crippen LogP contribution in [-0.4, -0.2) is 17.8 Å². The van der Waals surface area contributed by atoms with Crippen molar-refractivity contribution in [3.05, 3.63) is 58.5 Å². The summed E-state index contributed by atoms with van der Waals surface area (Å²) in [5.41, 5.74) is 1.95. The van der Waals surface area contributed by atoms with Crippen molar-refractivity contribution in [1.82, 2.24) is 9.38 Å². The first-order chi connectivity index (χ1) is 10.4. The Balaban J connectivity index is 2.02. The van der Waals surface area contributed by atoms with Crippen molar-refractivity contribution in [3.63, 3.8) is 0 Å². The van der Waals surface area contributed by atoms with Crippen LogP contribution in [0.5, 0.6) is 0 Å². The van der Waals surface area contributed by atoms with E-state index in [1.807, 2.05) is 0 Å². The summed E-state index contributed by atoms with van der Waals surface area (Å²) in [7, 11) is -3.75. The fraction of sp³-hybridized carbons (Fsp3) is 0.0714. The largest absolute Gasteiger partial charge is 0.302 e. The lowest BCUT2D eigenvalue weighted by Crippen LogP contribution is -2.14. The lowest BCUT2D eigenvalue weighted by atomic mass is 10.3. The minimum absolute atomic E-state index is 0.0482. The van der Waals surface area contributed by atoms with Crippen LogP contribution in [0.15, 0.2) is 47.6 Å². The van der Waals surface area contributed by atoms with Gasteiger partial charge in [0.05, 0.1) is 20.6 Å². The highest BCUT2D eigenvalue weighted by molar-refractivity contribution is 7.92. The summed E-state index contributed by atoms with van der Waals surface area (Å²) in [5, 5.41) is 0.489. The normalized spacial score (nSPS) is 11.8. The minimum atomic E-state index is -3.75. The zero-order valence-corrected chi connectivity index (χ0v) is 13.7. The first-order valence-corrected chi connectivity index (χ1v) is 8.53. The second-order valence-electron chi connectivity index (χ2n) is 4.67. The van der Waals surface area contributed by atoms with Crippen molar-refractivity contribution >= 4 is 44.6 Å². The molecule has 8 heteroatoms. The van der Waals surface area contributed by atoms with Gasteiger partial charge in [0, 0.05) is 18.1 Å². The number of halogens is 2. The van der Waals surface area contributed by atoms with Gasteiger partial charge >= 0.3 is 0 Å². The zero-order valence-electron chi connectivity index (χ0n) is 11.4. The Hall–Kier alpha value is -1.76. The molecule has 0 aliphatic carbocycles. The van der Waals surface area contributed by atoms with E-state index in [1.165, 1.54) is 18.2 Å². The Labute approximate surface area is 137 Å². The van der Waals surface area contributed by atoms with Gasteiger partial charge in [-0.2, -0.15) is 0 Å². The second-order valence-corrected chi connectivity index (χ2v) is 7.17. The van der Waals surface area contributed by atoms with E-state index in [0.29, 0.717) is 10.7 Å². The van der Waals surface area contributed by atoms with Crippen molar-refractivity contribution in [2.75, 3.05) is 4.72 Å². The van der Waals surface area contributed by atoms with Crippen LogP contribution < -0.4 is 4.72 Å². The number of hydrogen-bond donors (Lipinski definition) is 1. The maximum Gasteiger partial charge on any atom is 0.262 e. The van der Waals surface area contributed by atoms with Gasteiger partial charge in [-0.05, 0) is 37.3 Å². The average molecular weight is 356 g/mol. The number of hydrogen-bond acceptors (Lipinski definition) is 3. The number of rotatable bonds is 3. The molecule has 3 rings (SSSR count). The topological polar surface area (TPSA) is 63.5 Å². The molecule has 3 aromatic rings. The van der Waals surface area contributed by atoms with E-state index in [1.54, 1.807) is 35.9 Å². The fourth-order valence-corrected chi connectivity index (χ4v) is 3.59. The Morgan fingerprint density at radius 2 is 1.91 bits per heavy atom. The van der Waals surface area contributed by atoms with Crippen LogP contribution in [0.25, 0.3) is 5.65 Å². The third kappa shape index (κ3) is 2.65. The molecule has 0 fully saturated rings. The zero-order chi connectivity index (χ0) is 15.9. The van der Waals surface area contributed by atoms with E-state index < -0.39 is 10.0 Å². The van der Waals surface area contributed by atoms with Crippen LogP contribution in [0, 0.1) is 6.92 Å². The van der Waals surface area contributed by atoms with Crippen molar-refractivity contribution in [1.29, 1.82) is 0 Å². The van der Waals surface area contributed by atoms with Gasteiger partial charge in [0.2, 0.25) is 0 Å². The highest BCUT2D eigenvalue weighted by Crippen LogP contribution is 2.27. The summed E-state index contributed by atoms with van der Waals surface area (Å²) < 4.78 is 29.3. The lowest BCUT2D eigenvalue weighted by Gasteiger charge is -2.12. The molecular formula is C14H11Cl2N3O2S. The molecule has 1 N–H and O–H groups in total. The number of aromatic nitrogens is 2. The van der Waals surface area contributed by atoms with Gasteiger partial charge in [-0.25, -0.2) is 13.4 Å². The van der Waals surface area contributed by atoms with E-state index in [0.717, 1.165) is 11.3 Å². The predicted molar refractivity (Wildman–Crippen MR) is 87.2 cm³/mol. The van der Waals surface area contributed by atoms with Crippen LogP contribution >= 0.6 is 23.2 Å². The molecular weight excluding hydrogens is 345 g/mol. The van der Waals surface area contributed by atoms with E-state index in [2.05, 4.69) is 9.71 Å². The van der Waals surface area contributed by atoms with Crippen molar-refractivity contribution < 1.29 is 8.42 Å². The molecule has 5 nitrogen and oxygen atoms in total. The maximum atomic E-state index is 12.5. The molecule has 0 aliphatic heterocycles. The first kappa shape index (κ1) is 15.1. The summed E-state index contributed by atoms with van der Waals surface area (Å²) in [4.78, 5) is 4.20. The SMILES string of the molecule is Cc1c(NS(=O)(=O)c2ccc(Cl)c(Cl)c2)ccc2nccn12. The van der Waals surface area contributed by atoms with Crippen LogP contribution in [0.1, 0.15) is 5.69 Å². The van der Waals surface area contributed by atoms with Gasteiger partial charge in [-0.1, -0.05) is 23.2 Å². The average Bonchev–Trinajstić information content (AvgIpc) is 2.94. The Morgan fingerprint density at radius 3 is 2.64 bits per heavy atom. The fourth-order valence-electron chi connectivity index (χ4n) is 2.09. The molecule has 2 heterocycles. The number of benzene rings is 1. The molecule has 0 saturated carbocycles. The lowest BCUT2D eigenvalue weighted by molar-refractivity contribution is 0.601. The molecule has 0 aliphatic rings. The molecule has 22 heavy (non-hydrogen) atoms. The molecule has 114 valence electrons. The van der Waals surface area contributed by atoms with Gasteiger partial charge in [-0.3, -0.25) is 4.72 Å². The molecule has 1 aromatic carbocycles. The molecule has 2 aromatic heterocycles. The van der Waals surface area contributed by atoms with Crippen LogP contribution in [0.4, 0.5) is 5.69 Å². The highest BCUT2D eigenvalue weighted by atomic mass is 35.5. The van der Waals surface area contributed by atoms with Crippen LogP contribution in [0.2, 0.25) is 10.0 Å². The molecule has 0 unspecified atom stereocenters. The van der Waals surface area contributed by atoms with Gasteiger partial charge in [0.25, 0.3) is 10.0 Å². The van der Waals surface area contributed by atoms with Gasteiger partial charge < -0.3 is 4.40 Å². The Morgan fingerprint density at radius 1 is 1.14 bits per heavy atom. The van der Waals surface area contributed by atoms with Crippen LogP contribution in [0.3, 0.4) is 0 Å². The molecule has 0 bridgehead atoms. The number of anilines is 1. The first-order valence-electron chi connectivity index (χ1n) is 6.29. The van der Waals surface area contributed by atoms with E-state index in [-0.39, 0.29) is 9.92 Å². The summed E-state index contributed by atoms with van der Waals surface area (Å²) in [6, 6.07) is 7.58. The summed E-state index contributed by atoms with van der Waals surface area (Å²) in [6.45, 7) is 1.81. The molecule has 0 saturated heterocycles. The minimum Gasteiger partial charge on any atom is -0.302 e. The number of aryl methyl sites for hydroxylation is 1. The number of nitrogens with one attached hydrogen (secondary N) is 1. The number of nitrogens with zero attached hydrogens (tertiary/aromatic N) is 2. The predicted octanol–water partition coefficient (Wildman–Crippen LogP) is 3.75. The molecule has 0 amide bonds. The molecule has 0 radical (unpaired) electrons. The summed E-state index contributed by atoms with van der Waals surface area (Å²) >= 11 is 11.7. The molecule has 0 atom stereocenters. The summed E-state index contributed by atoms with van der Waals surface area (Å²) in [6.07, 6.45) is 3.42. The van der Waals surface area contributed by atoms with Gasteiger partial charge in [0.1, 0.15) is 5.65 Å². The number of sulfonamides is 1. The van der Waals surface area contributed by atoms with Crippen molar-refractivity contribution in [3.8, 4) is 0 Å². The Bertz CT molecular complexity index is 967. The van der Waals surface area contributed by atoms with Crippen molar-refractivity contribution in [2.45, 2.75) is 11.8 Å². The monoisotopic (exact) mass is 355 g/mol. The van der Waals surface area contributed by atoms with Gasteiger partial charge in [0.15, 0.2) is 0 Å². The smallest absolute Gasteiger partial charge is 0.262 e. The third-order valence-electron chi connectivity index (χ3n) is 3.27. The van der Waals surface area contributed by atoms with E-state index in [9.17, 15) is 8.42 Å². The maximum absolute atomic E-state index is 12.5. The van der Waals surface area contributed by atoms with E-state index >= 15 is 0 Å². The highest BCUT2D eigenvalue weighted by Gasteiger charge is 2.17. The second kappa shape index (κ2) is 5.46. The van der Waals surface area contributed by atoms with Crippen molar-refractivity contribution in [2.24, 2.45) is 0 Å². The number of fused-ring (bicyclic) bond motifs is 1. The summed E-state index contributed by atoms with van der Waals surface area (Å²) in [5.74, 6) is 0. The van der Waals surface area contributed by atoms with Gasteiger partial charge in [-0.15, -0.1) is 0 Å². The Kier molecular flexibility index (Phi) is 3.76.